The lowest BCUT2D eigenvalue weighted by atomic mass is 10.0. The number of aromatic nitrogens is 1. The van der Waals surface area contributed by atoms with Gasteiger partial charge in [0.15, 0.2) is 0 Å². The number of hydrogen-bond donors (Lipinski definition) is 0. The first-order valence-corrected chi connectivity index (χ1v) is 9.40. The Morgan fingerprint density at radius 2 is 1.91 bits per heavy atom. The average molecular weight is 337 g/mol. The molecule has 5 nitrogen and oxygen atoms in total. The van der Waals surface area contributed by atoms with Crippen molar-refractivity contribution in [3.8, 4) is 0 Å². The van der Waals surface area contributed by atoms with Gasteiger partial charge in [-0.1, -0.05) is 6.92 Å². The van der Waals surface area contributed by atoms with Crippen molar-refractivity contribution in [2.45, 2.75) is 40.3 Å². The van der Waals surface area contributed by atoms with E-state index < -0.39 is 0 Å². The van der Waals surface area contributed by atoms with Crippen LogP contribution in [0.25, 0.3) is 0 Å². The van der Waals surface area contributed by atoms with Gasteiger partial charge in [0.1, 0.15) is 0 Å². The van der Waals surface area contributed by atoms with Gasteiger partial charge < -0.3 is 4.90 Å². The van der Waals surface area contributed by atoms with Gasteiger partial charge in [0, 0.05) is 63.7 Å². The number of carbonyl (C=O) groups excluding carboxylic acids is 1. The van der Waals surface area contributed by atoms with Gasteiger partial charge in [-0.25, -0.2) is 4.98 Å². The molecular weight excluding hydrogens is 308 g/mol. The predicted molar refractivity (Wildman–Crippen MR) is 93.6 cm³/mol. The number of amides is 1. The van der Waals surface area contributed by atoms with Crippen LogP contribution in [0.15, 0.2) is 0 Å². The summed E-state index contributed by atoms with van der Waals surface area (Å²) in [5, 5.41) is 1.17. The molecule has 0 saturated carbocycles. The molecule has 0 aliphatic carbocycles. The molecule has 3 heterocycles. The number of carbonyl (C=O) groups is 1. The van der Waals surface area contributed by atoms with Gasteiger partial charge in [-0.15, -0.1) is 11.3 Å². The summed E-state index contributed by atoms with van der Waals surface area (Å²) in [4.78, 5) is 24.6. The van der Waals surface area contributed by atoms with Gasteiger partial charge in [0.2, 0.25) is 5.91 Å². The van der Waals surface area contributed by atoms with E-state index in [1.165, 1.54) is 15.6 Å². The van der Waals surface area contributed by atoms with Crippen LogP contribution in [0, 0.1) is 19.8 Å². The summed E-state index contributed by atoms with van der Waals surface area (Å²) >= 11 is 1.83. The third-order valence-corrected chi connectivity index (χ3v) is 6.30. The monoisotopic (exact) mass is 336 g/mol. The number of rotatable bonds is 3. The van der Waals surface area contributed by atoms with Crippen LogP contribution < -0.4 is 0 Å². The highest BCUT2D eigenvalue weighted by atomic mass is 32.1. The molecule has 0 radical (unpaired) electrons. The first-order chi connectivity index (χ1) is 10.9. The van der Waals surface area contributed by atoms with E-state index in [1.807, 2.05) is 16.2 Å². The van der Waals surface area contributed by atoms with E-state index in [9.17, 15) is 4.79 Å². The van der Waals surface area contributed by atoms with Crippen molar-refractivity contribution in [3.05, 3.63) is 15.6 Å². The first kappa shape index (κ1) is 16.9. The van der Waals surface area contributed by atoms with Gasteiger partial charge in [0.25, 0.3) is 0 Å². The highest BCUT2D eigenvalue weighted by molar-refractivity contribution is 7.11. The Bertz CT molecular complexity index is 565. The minimum atomic E-state index is 0.210. The van der Waals surface area contributed by atoms with Gasteiger partial charge >= 0.3 is 0 Å². The zero-order valence-corrected chi connectivity index (χ0v) is 15.5. The fraction of sp³-hybridized carbons (Fsp3) is 0.765. The molecule has 128 valence electrons. The molecule has 0 N–H and O–H groups in total. The van der Waals surface area contributed by atoms with E-state index in [2.05, 4.69) is 35.6 Å². The molecule has 2 aliphatic rings. The fourth-order valence-electron chi connectivity index (χ4n) is 3.94. The van der Waals surface area contributed by atoms with Gasteiger partial charge in [0.05, 0.1) is 10.7 Å². The second-order valence-electron chi connectivity index (χ2n) is 7.02. The molecule has 3 rings (SSSR count). The number of piperazine rings is 1. The molecule has 0 spiro atoms. The van der Waals surface area contributed by atoms with E-state index in [0.29, 0.717) is 12.0 Å². The van der Waals surface area contributed by atoms with E-state index >= 15 is 0 Å². The molecule has 1 amide bonds. The molecule has 2 atom stereocenters. The average Bonchev–Trinajstić information content (AvgIpc) is 3.01. The number of nitrogens with zero attached hydrogens (tertiary/aromatic N) is 4. The minimum Gasteiger partial charge on any atom is -0.340 e. The highest BCUT2D eigenvalue weighted by Gasteiger charge is 2.35. The van der Waals surface area contributed by atoms with E-state index in [1.54, 1.807) is 6.92 Å². The Labute approximate surface area is 143 Å². The standard InChI is InChI=1S/C17H28N4OS/c1-12-9-19(11-17-13(2)18-14(3)23-17)10-16(12)21-7-5-20(6-8-21)15(4)22/h12,16H,5-11H2,1-4H3/t12-,16-/m0/s1. The molecule has 0 unspecified atom stereocenters. The van der Waals surface area contributed by atoms with Crippen LogP contribution in [0.2, 0.25) is 0 Å². The molecule has 2 fully saturated rings. The fourth-order valence-corrected chi connectivity index (χ4v) is 4.92. The van der Waals surface area contributed by atoms with E-state index in [0.717, 1.165) is 45.8 Å². The van der Waals surface area contributed by atoms with Crippen molar-refractivity contribution in [2.75, 3.05) is 39.3 Å². The lowest BCUT2D eigenvalue weighted by Crippen LogP contribution is -2.53. The maximum absolute atomic E-state index is 11.5. The molecule has 1 aromatic rings. The van der Waals surface area contributed by atoms with Crippen LogP contribution in [0.1, 0.15) is 29.4 Å². The summed E-state index contributed by atoms with van der Waals surface area (Å²) in [5.74, 6) is 0.898. The molecule has 0 bridgehead atoms. The second-order valence-corrected chi connectivity index (χ2v) is 8.31. The number of thiazole rings is 1. The zero-order chi connectivity index (χ0) is 16.6. The van der Waals surface area contributed by atoms with Crippen LogP contribution in [-0.2, 0) is 11.3 Å². The van der Waals surface area contributed by atoms with Crippen LogP contribution in [-0.4, -0.2) is 70.9 Å². The SMILES string of the molecule is CC(=O)N1CCN([C@H]2CN(Cc3sc(C)nc3C)C[C@@H]2C)CC1. The molecule has 6 heteroatoms. The number of hydrogen-bond acceptors (Lipinski definition) is 5. The van der Waals surface area contributed by atoms with Crippen molar-refractivity contribution in [3.63, 3.8) is 0 Å². The van der Waals surface area contributed by atoms with Crippen LogP contribution >= 0.6 is 11.3 Å². The summed E-state index contributed by atoms with van der Waals surface area (Å²) in [6.07, 6.45) is 0. The number of aryl methyl sites for hydroxylation is 2. The van der Waals surface area contributed by atoms with Crippen molar-refractivity contribution >= 4 is 17.2 Å². The maximum Gasteiger partial charge on any atom is 0.219 e. The largest absolute Gasteiger partial charge is 0.340 e. The quantitative estimate of drug-likeness (QED) is 0.843. The number of likely N-dealkylation sites (tertiary alicyclic amines) is 1. The van der Waals surface area contributed by atoms with Gasteiger partial charge in [-0.3, -0.25) is 14.6 Å². The molecule has 23 heavy (non-hydrogen) atoms. The lowest BCUT2D eigenvalue weighted by Gasteiger charge is -2.39. The Morgan fingerprint density at radius 3 is 2.48 bits per heavy atom. The molecular formula is C17H28N4OS. The Morgan fingerprint density at radius 1 is 1.22 bits per heavy atom. The summed E-state index contributed by atoms with van der Waals surface area (Å²) in [7, 11) is 0. The lowest BCUT2D eigenvalue weighted by molar-refractivity contribution is -0.130. The highest BCUT2D eigenvalue weighted by Crippen LogP contribution is 2.27. The molecule has 2 saturated heterocycles. The molecule has 1 aromatic heterocycles. The van der Waals surface area contributed by atoms with Crippen molar-refractivity contribution in [1.82, 2.24) is 19.7 Å². The summed E-state index contributed by atoms with van der Waals surface area (Å²) in [5.41, 5.74) is 1.19. The minimum absolute atomic E-state index is 0.210. The Hall–Kier alpha value is -0.980. The molecule has 2 aliphatic heterocycles. The normalized spacial score (nSPS) is 26.9. The van der Waals surface area contributed by atoms with Gasteiger partial charge in [-0.05, 0) is 19.8 Å². The summed E-state index contributed by atoms with van der Waals surface area (Å²) < 4.78 is 0. The van der Waals surface area contributed by atoms with E-state index in [-0.39, 0.29) is 5.91 Å². The van der Waals surface area contributed by atoms with Crippen molar-refractivity contribution in [2.24, 2.45) is 5.92 Å². The Kier molecular flexibility index (Phi) is 5.04. The van der Waals surface area contributed by atoms with Gasteiger partial charge in [-0.2, -0.15) is 0 Å². The topological polar surface area (TPSA) is 39.7 Å². The van der Waals surface area contributed by atoms with Crippen LogP contribution in [0.3, 0.4) is 0 Å². The zero-order valence-electron chi connectivity index (χ0n) is 14.7. The third-order valence-electron chi connectivity index (χ3n) is 5.24. The second kappa shape index (κ2) is 6.87. The maximum atomic E-state index is 11.5. The van der Waals surface area contributed by atoms with E-state index in [4.69, 9.17) is 0 Å². The predicted octanol–water partition coefficient (Wildman–Crippen LogP) is 1.74. The summed E-state index contributed by atoms with van der Waals surface area (Å²) in [6, 6.07) is 0.624. The first-order valence-electron chi connectivity index (χ1n) is 8.59. The molecule has 0 aromatic carbocycles. The third kappa shape index (κ3) is 3.75. The summed E-state index contributed by atoms with van der Waals surface area (Å²) in [6.45, 7) is 15.4. The smallest absolute Gasteiger partial charge is 0.219 e. The Balaban J connectivity index is 1.56. The van der Waals surface area contributed by atoms with Crippen molar-refractivity contribution in [1.29, 1.82) is 0 Å². The van der Waals surface area contributed by atoms with Crippen molar-refractivity contribution < 1.29 is 4.79 Å². The van der Waals surface area contributed by atoms with Crippen LogP contribution in [0.5, 0.6) is 0 Å². The van der Waals surface area contributed by atoms with Crippen LogP contribution in [0.4, 0.5) is 0 Å².